The van der Waals surface area contributed by atoms with Crippen molar-refractivity contribution in [2.24, 2.45) is 0 Å². The highest BCUT2D eigenvalue weighted by molar-refractivity contribution is 7.92. The monoisotopic (exact) mass is 382 g/mol. The minimum Gasteiger partial charge on any atom is -0.496 e. The van der Waals surface area contributed by atoms with Gasteiger partial charge in [-0.25, -0.2) is 17.7 Å². The number of hydrogen-bond acceptors (Lipinski definition) is 4. The summed E-state index contributed by atoms with van der Waals surface area (Å²) in [5.41, 5.74) is 4.35. The Morgan fingerprint density at radius 1 is 1.04 bits per heavy atom. The number of hydrogen-bond donors (Lipinski definition) is 0. The van der Waals surface area contributed by atoms with Gasteiger partial charge in [0.2, 0.25) is 0 Å². The van der Waals surface area contributed by atoms with Crippen molar-refractivity contribution in [1.29, 1.82) is 0 Å². The van der Waals surface area contributed by atoms with Crippen molar-refractivity contribution in [2.45, 2.75) is 32.1 Å². The highest BCUT2D eigenvalue weighted by Crippen LogP contribution is 2.35. The predicted octanol–water partition coefficient (Wildman–Crippen LogP) is 3.92. The van der Waals surface area contributed by atoms with Crippen LogP contribution in [0.25, 0.3) is 10.9 Å². The Kier molecular flexibility index (Phi) is 4.11. The number of fused-ring (bicyclic) bond motifs is 2. The van der Waals surface area contributed by atoms with Crippen LogP contribution in [0.15, 0.2) is 41.3 Å². The van der Waals surface area contributed by atoms with Gasteiger partial charge < -0.3 is 4.74 Å². The molecule has 0 saturated heterocycles. The molecule has 0 saturated carbocycles. The third kappa shape index (κ3) is 2.84. The number of anilines is 1. The van der Waals surface area contributed by atoms with E-state index in [1.807, 2.05) is 32.0 Å². The number of pyridine rings is 1. The van der Waals surface area contributed by atoms with Gasteiger partial charge in [-0.15, -0.1) is 0 Å². The van der Waals surface area contributed by atoms with E-state index in [-0.39, 0.29) is 0 Å². The molecule has 1 aliphatic rings. The van der Waals surface area contributed by atoms with E-state index in [1.165, 1.54) is 4.31 Å². The van der Waals surface area contributed by atoms with Crippen LogP contribution in [0.2, 0.25) is 0 Å². The lowest BCUT2D eigenvalue weighted by molar-refractivity contribution is 0.411. The molecule has 6 heteroatoms. The van der Waals surface area contributed by atoms with Crippen LogP contribution in [0.1, 0.15) is 22.3 Å². The van der Waals surface area contributed by atoms with Crippen molar-refractivity contribution in [3.05, 3.63) is 58.7 Å². The average Bonchev–Trinajstić information content (AvgIpc) is 3.04. The highest BCUT2D eigenvalue weighted by Gasteiger charge is 2.33. The van der Waals surface area contributed by atoms with Gasteiger partial charge in [0.15, 0.2) is 0 Å². The van der Waals surface area contributed by atoms with E-state index in [0.29, 0.717) is 35.0 Å². The molecule has 0 atom stereocenters. The maximum Gasteiger partial charge on any atom is 0.265 e. The summed E-state index contributed by atoms with van der Waals surface area (Å²) >= 11 is 0. The van der Waals surface area contributed by atoms with Gasteiger partial charge in [0.25, 0.3) is 10.0 Å². The zero-order chi connectivity index (χ0) is 19.3. The van der Waals surface area contributed by atoms with Crippen LogP contribution in [0.4, 0.5) is 5.82 Å². The van der Waals surface area contributed by atoms with E-state index in [2.05, 4.69) is 6.07 Å². The fraction of sp³-hybridized carbons (Fsp3) is 0.286. The zero-order valence-electron chi connectivity index (χ0n) is 15.9. The molecule has 0 aliphatic carbocycles. The summed E-state index contributed by atoms with van der Waals surface area (Å²) in [5.74, 6) is 1.23. The molecule has 0 radical (unpaired) electrons. The SMILES string of the molecule is COc1cc(C)c(S(=O)(=O)N2CCc3cc4ccc(C)cc4nc32)cc1C. The Labute approximate surface area is 159 Å². The molecule has 5 nitrogen and oxygen atoms in total. The number of rotatable bonds is 3. The van der Waals surface area contributed by atoms with Crippen molar-refractivity contribution in [3.8, 4) is 5.75 Å². The van der Waals surface area contributed by atoms with E-state index < -0.39 is 10.0 Å². The van der Waals surface area contributed by atoms with Crippen molar-refractivity contribution in [2.75, 3.05) is 18.0 Å². The minimum atomic E-state index is -3.69. The molecule has 2 heterocycles. The first-order valence-electron chi connectivity index (χ1n) is 8.89. The molecular weight excluding hydrogens is 360 g/mol. The fourth-order valence-electron chi connectivity index (χ4n) is 3.65. The van der Waals surface area contributed by atoms with Crippen molar-refractivity contribution >= 4 is 26.7 Å². The summed E-state index contributed by atoms with van der Waals surface area (Å²) in [6.07, 6.45) is 0.666. The van der Waals surface area contributed by atoms with Crippen LogP contribution in [-0.4, -0.2) is 27.1 Å². The summed E-state index contributed by atoms with van der Waals surface area (Å²) in [7, 11) is -2.11. The molecule has 27 heavy (non-hydrogen) atoms. The molecule has 0 fully saturated rings. The number of methoxy groups -OCH3 is 1. The smallest absolute Gasteiger partial charge is 0.265 e. The van der Waals surface area contributed by atoms with Gasteiger partial charge in [-0.05, 0) is 73.7 Å². The summed E-state index contributed by atoms with van der Waals surface area (Å²) < 4.78 is 33.6. The van der Waals surface area contributed by atoms with Gasteiger partial charge in [0.05, 0.1) is 17.5 Å². The van der Waals surface area contributed by atoms with Crippen LogP contribution in [0.5, 0.6) is 5.75 Å². The normalized spacial score (nSPS) is 13.9. The number of aromatic nitrogens is 1. The largest absolute Gasteiger partial charge is 0.496 e. The predicted molar refractivity (Wildman–Crippen MR) is 107 cm³/mol. The van der Waals surface area contributed by atoms with E-state index in [1.54, 1.807) is 26.2 Å². The fourth-order valence-corrected chi connectivity index (χ4v) is 5.40. The summed E-state index contributed by atoms with van der Waals surface area (Å²) in [4.78, 5) is 5.00. The number of sulfonamides is 1. The maximum atomic E-state index is 13.4. The first kappa shape index (κ1) is 17.8. The van der Waals surface area contributed by atoms with Crippen LogP contribution in [0.3, 0.4) is 0 Å². The quantitative estimate of drug-likeness (QED) is 0.689. The second-order valence-corrected chi connectivity index (χ2v) is 8.91. The van der Waals surface area contributed by atoms with Gasteiger partial charge in [-0.1, -0.05) is 12.1 Å². The molecule has 140 valence electrons. The van der Waals surface area contributed by atoms with Crippen LogP contribution in [0, 0.1) is 20.8 Å². The summed E-state index contributed by atoms with van der Waals surface area (Å²) in [6.45, 7) is 6.06. The Hall–Kier alpha value is -2.60. The molecule has 4 rings (SSSR count). The van der Waals surface area contributed by atoms with Crippen molar-refractivity contribution in [3.63, 3.8) is 0 Å². The summed E-state index contributed by atoms with van der Waals surface area (Å²) in [5, 5.41) is 1.04. The number of nitrogens with zero attached hydrogens (tertiary/aromatic N) is 2. The van der Waals surface area contributed by atoms with E-state index in [4.69, 9.17) is 9.72 Å². The van der Waals surface area contributed by atoms with Gasteiger partial charge in [-0.2, -0.15) is 0 Å². The van der Waals surface area contributed by atoms with E-state index in [9.17, 15) is 8.42 Å². The van der Waals surface area contributed by atoms with E-state index in [0.717, 1.165) is 27.6 Å². The van der Waals surface area contributed by atoms with Gasteiger partial charge in [0.1, 0.15) is 11.6 Å². The highest BCUT2D eigenvalue weighted by atomic mass is 32.2. The van der Waals surface area contributed by atoms with Gasteiger partial charge in [0, 0.05) is 11.9 Å². The zero-order valence-corrected chi connectivity index (χ0v) is 16.7. The average molecular weight is 382 g/mol. The molecule has 0 unspecified atom stereocenters. The molecule has 1 aromatic heterocycles. The lowest BCUT2D eigenvalue weighted by Crippen LogP contribution is -2.30. The lowest BCUT2D eigenvalue weighted by atomic mass is 10.1. The Balaban J connectivity index is 1.85. The van der Waals surface area contributed by atoms with E-state index >= 15 is 0 Å². The molecule has 0 amide bonds. The molecular formula is C21H22N2O3S. The second kappa shape index (κ2) is 6.23. The van der Waals surface area contributed by atoms with Crippen molar-refractivity contribution in [1.82, 2.24) is 4.98 Å². The number of ether oxygens (including phenoxy) is 1. The third-order valence-electron chi connectivity index (χ3n) is 5.11. The van der Waals surface area contributed by atoms with Crippen molar-refractivity contribution < 1.29 is 13.2 Å². The standard InChI is InChI=1S/C21H22N2O3S/c1-13-5-6-16-12-17-7-8-23(21(17)22-18(16)9-13)27(24,25)20-11-14(2)19(26-4)10-15(20)3/h5-6,9-12H,7-8H2,1-4H3. The Bertz CT molecular complexity index is 1170. The lowest BCUT2D eigenvalue weighted by Gasteiger charge is -2.21. The molecule has 0 N–H and O–H groups in total. The van der Waals surface area contributed by atoms with Crippen LogP contribution in [-0.2, 0) is 16.4 Å². The number of benzene rings is 2. The first-order chi connectivity index (χ1) is 12.8. The molecule has 3 aromatic rings. The van der Waals surface area contributed by atoms with Gasteiger partial charge >= 0.3 is 0 Å². The minimum absolute atomic E-state index is 0.305. The van der Waals surface area contributed by atoms with Crippen LogP contribution >= 0.6 is 0 Å². The third-order valence-corrected chi connectivity index (χ3v) is 7.04. The molecule has 0 bridgehead atoms. The number of aryl methyl sites for hydroxylation is 3. The topological polar surface area (TPSA) is 59.5 Å². The first-order valence-corrected chi connectivity index (χ1v) is 10.3. The molecule has 2 aromatic carbocycles. The Morgan fingerprint density at radius 3 is 2.56 bits per heavy atom. The summed E-state index contributed by atoms with van der Waals surface area (Å²) in [6, 6.07) is 11.6. The second-order valence-electron chi connectivity index (χ2n) is 7.08. The van der Waals surface area contributed by atoms with Gasteiger partial charge in [-0.3, -0.25) is 0 Å². The molecule has 1 aliphatic heterocycles. The Morgan fingerprint density at radius 2 is 1.81 bits per heavy atom. The van der Waals surface area contributed by atoms with Crippen LogP contribution < -0.4 is 9.04 Å². The molecule has 0 spiro atoms. The maximum absolute atomic E-state index is 13.4.